The molecular formula is C20H23F3N4O3. The highest BCUT2D eigenvalue weighted by atomic mass is 19.4. The molecule has 0 bridgehead atoms. The van der Waals surface area contributed by atoms with Gasteiger partial charge in [-0.1, -0.05) is 0 Å². The van der Waals surface area contributed by atoms with E-state index in [-0.39, 0.29) is 23.8 Å². The summed E-state index contributed by atoms with van der Waals surface area (Å²) in [6.45, 7) is 0. The molecule has 1 saturated carbocycles. The monoisotopic (exact) mass is 424 g/mol. The second-order valence-electron chi connectivity index (χ2n) is 7.26. The van der Waals surface area contributed by atoms with Gasteiger partial charge in [0.2, 0.25) is 0 Å². The van der Waals surface area contributed by atoms with E-state index in [0.717, 1.165) is 6.07 Å². The second-order valence-corrected chi connectivity index (χ2v) is 7.26. The van der Waals surface area contributed by atoms with E-state index in [0.29, 0.717) is 41.7 Å². The van der Waals surface area contributed by atoms with Gasteiger partial charge in [0.25, 0.3) is 11.5 Å². The van der Waals surface area contributed by atoms with Crippen molar-refractivity contribution in [3.05, 3.63) is 51.8 Å². The number of hydrogen-bond acceptors (Lipinski definition) is 5. The molecule has 1 fully saturated rings. The van der Waals surface area contributed by atoms with Crippen LogP contribution in [0.4, 0.5) is 19.0 Å². The smallest absolute Gasteiger partial charge is 0.421 e. The molecule has 0 unspecified atom stereocenters. The van der Waals surface area contributed by atoms with E-state index in [1.54, 1.807) is 31.4 Å². The minimum absolute atomic E-state index is 0.00939. The third kappa shape index (κ3) is 5.11. The predicted molar refractivity (Wildman–Crippen MR) is 105 cm³/mol. The van der Waals surface area contributed by atoms with Gasteiger partial charge in [-0.2, -0.15) is 18.3 Å². The van der Waals surface area contributed by atoms with Gasteiger partial charge in [-0.15, -0.1) is 0 Å². The lowest BCUT2D eigenvalue weighted by atomic mass is 9.91. The average molecular weight is 424 g/mol. The van der Waals surface area contributed by atoms with Crippen molar-refractivity contribution in [3.63, 3.8) is 0 Å². The fourth-order valence-electron chi connectivity index (χ4n) is 3.48. The van der Waals surface area contributed by atoms with Gasteiger partial charge in [0.15, 0.2) is 0 Å². The number of amides is 1. The zero-order valence-electron chi connectivity index (χ0n) is 16.6. The van der Waals surface area contributed by atoms with Crippen LogP contribution in [0.3, 0.4) is 0 Å². The van der Waals surface area contributed by atoms with Gasteiger partial charge in [0, 0.05) is 30.8 Å². The molecule has 30 heavy (non-hydrogen) atoms. The highest BCUT2D eigenvalue weighted by Gasteiger charge is 2.35. The molecule has 1 aromatic carbocycles. The normalized spacial score (nSPS) is 19.2. The number of hydrogen-bond donors (Lipinski definition) is 2. The summed E-state index contributed by atoms with van der Waals surface area (Å²) in [6.07, 6.45) is -2.08. The van der Waals surface area contributed by atoms with Crippen LogP contribution >= 0.6 is 0 Å². The maximum absolute atomic E-state index is 13.0. The Labute approximate surface area is 171 Å². The Hall–Kier alpha value is -3.04. The van der Waals surface area contributed by atoms with Gasteiger partial charge in [-0.05, 0) is 49.9 Å². The maximum Gasteiger partial charge on any atom is 0.421 e. The lowest BCUT2D eigenvalue weighted by Crippen LogP contribution is -2.40. The predicted octanol–water partition coefficient (Wildman–Crippen LogP) is 2.96. The highest BCUT2D eigenvalue weighted by Crippen LogP contribution is 2.28. The lowest BCUT2D eigenvalue weighted by Gasteiger charge is -2.30. The van der Waals surface area contributed by atoms with E-state index >= 15 is 0 Å². The van der Waals surface area contributed by atoms with Gasteiger partial charge in [0.1, 0.15) is 17.1 Å². The molecule has 10 heteroatoms. The van der Waals surface area contributed by atoms with Crippen molar-refractivity contribution in [2.24, 2.45) is 7.05 Å². The Kier molecular flexibility index (Phi) is 6.33. The topological polar surface area (TPSA) is 85.3 Å². The first-order valence-corrected chi connectivity index (χ1v) is 9.54. The number of aromatic nitrogens is 2. The van der Waals surface area contributed by atoms with Crippen LogP contribution in [0.25, 0.3) is 0 Å². The molecule has 0 aliphatic heterocycles. The second kappa shape index (κ2) is 8.76. The Bertz CT molecular complexity index is 949. The average Bonchev–Trinajstić information content (AvgIpc) is 2.71. The van der Waals surface area contributed by atoms with Gasteiger partial charge in [-0.3, -0.25) is 9.59 Å². The molecule has 2 aromatic rings. The van der Waals surface area contributed by atoms with E-state index in [4.69, 9.17) is 4.74 Å². The number of aryl methyl sites for hydroxylation is 1. The van der Waals surface area contributed by atoms with Crippen molar-refractivity contribution in [1.29, 1.82) is 0 Å². The molecular weight excluding hydrogens is 401 g/mol. The summed E-state index contributed by atoms with van der Waals surface area (Å²) in [4.78, 5) is 24.0. The van der Waals surface area contributed by atoms with Crippen LogP contribution in [-0.2, 0) is 13.2 Å². The first-order chi connectivity index (χ1) is 14.2. The SMILES string of the molecule is COc1ccc(C(=O)NC2CCC(Nc3cc(C(F)(F)F)c(=O)n(C)n3)CC2)cc1. The number of halogens is 3. The van der Waals surface area contributed by atoms with Gasteiger partial charge in [0.05, 0.1) is 7.11 Å². The van der Waals surface area contributed by atoms with Crippen LogP contribution in [0.2, 0.25) is 0 Å². The number of anilines is 1. The minimum atomic E-state index is -4.74. The molecule has 1 aliphatic rings. The summed E-state index contributed by atoms with van der Waals surface area (Å²) >= 11 is 0. The van der Waals surface area contributed by atoms with E-state index in [1.807, 2.05) is 0 Å². The maximum atomic E-state index is 13.0. The Balaban J connectivity index is 1.56. The van der Waals surface area contributed by atoms with Gasteiger partial charge in [-0.25, -0.2) is 4.68 Å². The number of carbonyl (C=O) groups is 1. The fourth-order valence-corrected chi connectivity index (χ4v) is 3.48. The van der Waals surface area contributed by atoms with Crippen molar-refractivity contribution in [2.45, 2.75) is 43.9 Å². The Morgan fingerprint density at radius 1 is 1.13 bits per heavy atom. The van der Waals surface area contributed by atoms with Gasteiger partial charge >= 0.3 is 6.18 Å². The molecule has 1 aliphatic carbocycles. The van der Waals surface area contributed by atoms with E-state index in [2.05, 4.69) is 15.7 Å². The molecule has 0 saturated heterocycles. The van der Waals surface area contributed by atoms with Crippen molar-refractivity contribution in [1.82, 2.24) is 15.1 Å². The molecule has 0 atom stereocenters. The first kappa shape index (κ1) is 21.7. The first-order valence-electron chi connectivity index (χ1n) is 9.54. The number of carbonyl (C=O) groups excluding carboxylic acids is 1. The zero-order valence-corrected chi connectivity index (χ0v) is 16.6. The largest absolute Gasteiger partial charge is 0.497 e. The molecule has 0 spiro atoms. The fraction of sp³-hybridized carbons (Fsp3) is 0.450. The molecule has 7 nitrogen and oxygen atoms in total. The van der Waals surface area contributed by atoms with Gasteiger partial charge < -0.3 is 15.4 Å². The molecule has 1 aromatic heterocycles. The van der Waals surface area contributed by atoms with E-state index in [1.165, 1.54) is 7.05 Å². The minimum Gasteiger partial charge on any atom is -0.497 e. The number of alkyl halides is 3. The van der Waals surface area contributed by atoms with Crippen LogP contribution in [0, 0.1) is 0 Å². The van der Waals surface area contributed by atoms with E-state index in [9.17, 15) is 22.8 Å². The quantitative estimate of drug-likeness (QED) is 0.771. The Morgan fingerprint density at radius 3 is 2.30 bits per heavy atom. The van der Waals surface area contributed by atoms with Crippen LogP contribution in [0.5, 0.6) is 5.75 Å². The van der Waals surface area contributed by atoms with E-state index < -0.39 is 17.3 Å². The molecule has 3 rings (SSSR count). The number of nitrogens with one attached hydrogen (secondary N) is 2. The molecule has 0 radical (unpaired) electrons. The molecule has 1 heterocycles. The zero-order chi connectivity index (χ0) is 21.9. The van der Waals surface area contributed by atoms with Crippen molar-refractivity contribution >= 4 is 11.7 Å². The molecule has 2 N–H and O–H groups in total. The third-order valence-electron chi connectivity index (χ3n) is 5.14. The third-order valence-corrected chi connectivity index (χ3v) is 5.14. The van der Waals surface area contributed by atoms with Crippen LogP contribution < -0.4 is 20.9 Å². The van der Waals surface area contributed by atoms with Crippen molar-refractivity contribution in [3.8, 4) is 5.75 Å². The molecule has 162 valence electrons. The Morgan fingerprint density at radius 2 is 1.73 bits per heavy atom. The summed E-state index contributed by atoms with van der Waals surface area (Å²) < 4.78 is 44.8. The van der Waals surface area contributed by atoms with Crippen LogP contribution in [0.1, 0.15) is 41.6 Å². The number of ether oxygens (including phenoxy) is 1. The van der Waals surface area contributed by atoms with Crippen LogP contribution in [0.15, 0.2) is 35.1 Å². The standard InChI is InChI=1S/C20H23F3N4O3/c1-27-19(29)16(20(21,22)23)11-17(26-27)24-13-5-7-14(8-6-13)25-18(28)12-3-9-15(30-2)10-4-12/h3-4,9-11,13-14H,5-8H2,1-2H3,(H,24,26)(H,25,28). The number of rotatable bonds is 5. The van der Waals surface area contributed by atoms with Crippen molar-refractivity contribution < 1.29 is 22.7 Å². The summed E-state index contributed by atoms with van der Waals surface area (Å²) in [5.74, 6) is 0.498. The highest BCUT2D eigenvalue weighted by molar-refractivity contribution is 5.94. The summed E-state index contributed by atoms with van der Waals surface area (Å²) in [7, 11) is 2.74. The number of methoxy groups -OCH3 is 1. The number of benzene rings is 1. The molecule has 1 amide bonds. The lowest BCUT2D eigenvalue weighted by molar-refractivity contribution is -0.139. The summed E-state index contributed by atoms with van der Waals surface area (Å²) in [5, 5.41) is 9.84. The van der Waals surface area contributed by atoms with Crippen LogP contribution in [-0.4, -0.2) is 34.9 Å². The summed E-state index contributed by atoms with van der Waals surface area (Å²) in [5.41, 5.74) is -1.90. The van der Waals surface area contributed by atoms with Crippen molar-refractivity contribution in [2.75, 3.05) is 12.4 Å². The summed E-state index contributed by atoms with van der Waals surface area (Å²) in [6, 6.07) is 7.44. The number of nitrogens with zero attached hydrogens (tertiary/aromatic N) is 2.